The number of aliphatic hydroxyl groups is 1. The van der Waals surface area contributed by atoms with Crippen LogP contribution in [0.5, 0.6) is 0 Å². The fourth-order valence-electron chi connectivity index (χ4n) is 1.80. The van der Waals surface area contributed by atoms with Crippen LogP contribution in [0.3, 0.4) is 0 Å². The fourth-order valence-corrected chi connectivity index (χ4v) is 1.80. The molecule has 69 valence electrons. The molecule has 0 heterocycles. The summed E-state index contributed by atoms with van der Waals surface area (Å²) in [6.45, 7) is 3.67. The van der Waals surface area contributed by atoms with Crippen molar-refractivity contribution < 1.29 is 46.4 Å². The molecule has 1 rings (SSSR count). The molecule has 0 amide bonds. The van der Waals surface area contributed by atoms with Crippen molar-refractivity contribution in [1.29, 1.82) is 0 Å². The zero-order valence-corrected chi connectivity index (χ0v) is 11.8. The van der Waals surface area contributed by atoms with Crippen LogP contribution in [0.15, 0.2) is 0 Å². The molecule has 0 spiro atoms. The predicted octanol–water partition coefficient (Wildman–Crippen LogP) is 3.27. The maximum absolute atomic E-state index is 9.01. The van der Waals surface area contributed by atoms with Crippen LogP contribution in [0.4, 0.5) is 0 Å². The Hall–Kier alpha value is 1.32. The van der Waals surface area contributed by atoms with Crippen LogP contribution < -0.4 is 0 Å². The van der Waals surface area contributed by atoms with E-state index in [4.69, 9.17) is 5.11 Å². The molecule has 0 saturated heterocycles. The van der Waals surface area contributed by atoms with Crippen LogP contribution >= 0.6 is 0 Å². The van der Waals surface area contributed by atoms with Gasteiger partial charge in [-0.15, -0.1) is 5.41 Å². The Labute approximate surface area is 109 Å². The third kappa shape index (κ3) is 3.59. The molecule has 2 heteroatoms. The Bertz CT molecular complexity index is 105. The van der Waals surface area contributed by atoms with E-state index in [1.54, 1.807) is 0 Å². The third-order valence-electron chi connectivity index (χ3n) is 2.90. The van der Waals surface area contributed by atoms with E-state index in [1.807, 2.05) is 0 Å². The number of aliphatic hydroxyl groups excluding tert-OH is 1. The first-order valence-electron chi connectivity index (χ1n) is 4.81. The van der Waals surface area contributed by atoms with Crippen molar-refractivity contribution in [3.63, 3.8) is 0 Å². The van der Waals surface area contributed by atoms with Crippen molar-refractivity contribution in [2.24, 2.45) is 5.41 Å². The molecule has 1 N–H and O–H groups in total. The smallest absolute Gasteiger partial charge is 0 e. The van der Waals surface area contributed by atoms with Gasteiger partial charge >= 0.3 is 0 Å². The van der Waals surface area contributed by atoms with Crippen LogP contribution in [0.2, 0.25) is 0 Å². The third-order valence-corrected chi connectivity index (χ3v) is 2.90. The van der Waals surface area contributed by atoms with Gasteiger partial charge in [-0.1, -0.05) is 51.9 Å². The minimum atomic E-state index is 0. The molecule has 12 heavy (non-hydrogen) atoms. The van der Waals surface area contributed by atoms with Gasteiger partial charge in [-0.2, -0.15) is 0 Å². The van der Waals surface area contributed by atoms with E-state index in [2.05, 4.69) is 6.92 Å². The second-order valence-electron chi connectivity index (χ2n) is 3.80. The average molecular weight is 296 g/mol. The molecule has 0 aromatic carbocycles. The molecular weight excluding hydrogens is 277 g/mol. The average Bonchev–Trinajstić information content (AvgIpc) is 1.95. The topological polar surface area (TPSA) is 20.2 Å². The summed E-state index contributed by atoms with van der Waals surface area (Å²) in [7, 11) is 0. The first kappa shape index (κ1) is 13.3. The summed E-state index contributed by atoms with van der Waals surface area (Å²) in [4.78, 5) is 0. The monoisotopic (exact) mass is 296 g/mol. The van der Waals surface area contributed by atoms with Crippen LogP contribution in [0, 0.1) is 53.3 Å². The van der Waals surface area contributed by atoms with E-state index in [0.717, 1.165) is 0 Å². The molecule has 0 aromatic heterocycles. The zero-order valence-electron chi connectivity index (χ0n) is 8.05. The van der Waals surface area contributed by atoms with E-state index in [0.29, 0.717) is 0 Å². The van der Waals surface area contributed by atoms with Crippen molar-refractivity contribution in [2.75, 3.05) is 0 Å². The quantitative estimate of drug-likeness (QED) is 0.610. The Balaban J connectivity index is 0.00000121. The van der Waals surface area contributed by atoms with Gasteiger partial charge in [-0.3, -0.25) is 0 Å². The Morgan fingerprint density at radius 3 is 2.33 bits per heavy atom. The molecule has 1 aliphatic rings. The number of hydrogen-bond donors (Lipinski definition) is 1. The van der Waals surface area contributed by atoms with Crippen LogP contribution in [0.25, 0.3) is 0 Å². The second-order valence-corrected chi connectivity index (χ2v) is 3.80. The molecule has 0 atom stereocenters. The largest absolute Gasteiger partial charge is 0.565 e. The Morgan fingerprint density at radius 2 is 2.00 bits per heavy atom. The maximum Gasteiger partial charge on any atom is 0 e. The molecule has 0 unspecified atom stereocenters. The van der Waals surface area contributed by atoms with Crippen LogP contribution in [-0.2, 0) is 0 Å². The normalized spacial score (nSPS) is 19.5. The molecule has 1 fully saturated rings. The first-order chi connectivity index (χ1) is 5.33. The van der Waals surface area contributed by atoms with Crippen molar-refractivity contribution in [1.82, 2.24) is 0 Å². The van der Waals surface area contributed by atoms with Gasteiger partial charge in [0.25, 0.3) is 0 Å². The number of rotatable bonds is 5. The van der Waals surface area contributed by atoms with Crippen molar-refractivity contribution >= 4 is 0 Å². The van der Waals surface area contributed by atoms with E-state index in [-0.39, 0.29) is 46.7 Å². The van der Waals surface area contributed by atoms with Gasteiger partial charge in [0.15, 0.2) is 0 Å². The molecule has 1 radical (unpaired) electrons. The van der Waals surface area contributed by atoms with E-state index >= 15 is 0 Å². The first-order valence-corrected chi connectivity index (χ1v) is 4.81. The van der Waals surface area contributed by atoms with Gasteiger partial charge in [0, 0.05) is 41.3 Å². The summed E-state index contributed by atoms with van der Waals surface area (Å²) < 4.78 is 0. The summed E-state index contributed by atoms with van der Waals surface area (Å²) in [5.41, 5.74) is 0.245. The SMILES string of the molecule is CCCCCC1([CH-]O)CCC1.[Pr]. The summed E-state index contributed by atoms with van der Waals surface area (Å²) in [6, 6.07) is 0. The number of hydrogen-bond acceptors (Lipinski definition) is 1. The minimum absolute atomic E-state index is 0. The van der Waals surface area contributed by atoms with Gasteiger partial charge < -0.3 is 5.11 Å². The summed E-state index contributed by atoms with van der Waals surface area (Å²) >= 11 is 0. The Morgan fingerprint density at radius 1 is 1.33 bits per heavy atom. The maximum atomic E-state index is 9.01. The molecule has 1 nitrogen and oxygen atoms in total. The molecule has 1 saturated carbocycles. The second kappa shape index (κ2) is 6.73. The van der Waals surface area contributed by atoms with Gasteiger partial charge in [0.05, 0.1) is 0 Å². The Kier molecular flexibility index (Phi) is 7.47. The summed E-state index contributed by atoms with van der Waals surface area (Å²) in [6.07, 6.45) is 8.83. The standard InChI is InChI=1S/C10H19O.Pr/c1-2-3-4-6-10(9-11)7-5-8-10;/h9,11H,2-8H2,1H3;/q-1;. The van der Waals surface area contributed by atoms with E-state index < -0.39 is 0 Å². The zero-order chi connectivity index (χ0) is 8.16. The molecule has 0 aliphatic heterocycles. The number of unbranched alkanes of at least 4 members (excludes halogenated alkanes) is 2. The van der Waals surface area contributed by atoms with Gasteiger partial charge in [-0.05, 0) is 0 Å². The minimum Gasteiger partial charge on any atom is -0.565 e. The summed E-state index contributed by atoms with van der Waals surface area (Å²) in [5, 5.41) is 9.01. The predicted molar refractivity (Wildman–Crippen MR) is 46.7 cm³/mol. The van der Waals surface area contributed by atoms with Crippen molar-refractivity contribution in [3.8, 4) is 0 Å². The molecule has 0 aromatic rings. The van der Waals surface area contributed by atoms with Crippen LogP contribution in [0.1, 0.15) is 51.9 Å². The van der Waals surface area contributed by atoms with E-state index in [1.165, 1.54) is 51.6 Å². The molecular formula is C10H19OPr-. The summed E-state index contributed by atoms with van der Waals surface area (Å²) in [5.74, 6) is 0. The van der Waals surface area contributed by atoms with Gasteiger partial charge in [0.1, 0.15) is 0 Å². The van der Waals surface area contributed by atoms with Gasteiger partial charge in [0.2, 0.25) is 0 Å². The fraction of sp³-hybridized carbons (Fsp3) is 0.900. The van der Waals surface area contributed by atoms with Crippen molar-refractivity contribution in [2.45, 2.75) is 51.9 Å². The van der Waals surface area contributed by atoms with E-state index in [9.17, 15) is 0 Å². The van der Waals surface area contributed by atoms with Crippen LogP contribution in [-0.4, -0.2) is 5.11 Å². The molecule has 0 bridgehead atoms. The van der Waals surface area contributed by atoms with Gasteiger partial charge in [-0.25, -0.2) is 6.61 Å². The van der Waals surface area contributed by atoms with Crippen molar-refractivity contribution in [3.05, 3.63) is 6.61 Å². The molecule has 1 aliphatic carbocycles.